The van der Waals surface area contributed by atoms with Gasteiger partial charge in [0.1, 0.15) is 11.7 Å². The highest BCUT2D eigenvalue weighted by atomic mass is 16.5. The lowest BCUT2D eigenvalue weighted by Crippen LogP contribution is -2.27. The molecule has 1 heterocycles. The van der Waals surface area contributed by atoms with Crippen LogP contribution in [0, 0.1) is 0 Å². The van der Waals surface area contributed by atoms with Crippen molar-refractivity contribution in [3.8, 4) is 0 Å². The van der Waals surface area contributed by atoms with E-state index in [4.69, 9.17) is 14.9 Å². The van der Waals surface area contributed by atoms with E-state index < -0.39 is 11.5 Å². The fourth-order valence-electron chi connectivity index (χ4n) is 2.06. The number of hydrogen-bond donors (Lipinski definition) is 1. The Labute approximate surface area is 97.8 Å². The smallest absolute Gasteiger partial charge is 0.316 e. The van der Waals surface area contributed by atoms with Gasteiger partial charge in [-0.3, -0.25) is 9.59 Å². The molecule has 0 saturated carbocycles. The van der Waals surface area contributed by atoms with Gasteiger partial charge in [0, 0.05) is 0 Å². The van der Waals surface area contributed by atoms with Gasteiger partial charge >= 0.3 is 5.97 Å². The molecule has 2 rings (SSSR count). The van der Waals surface area contributed by atoms with Gasteiger partial charge in [-0.25, -0.2) is 0 Å². The highest BCUT2D eigenvalue weighted by Crippen LogP contribution is 2.31. The minimum atomic E-state index is -0.531. The van der Waals surface area contributed by atoms with Crippen LogP contribution in [0.3, 0.4) is 0 Å². The van der Waals surface area contributed by atoms with E-state index in [9.17, 15) is 9.59 Å². The molecular formula is C11H14N2O4. The van der Waals surface area contributed by atoms with Gasteiger partial charge in [-0.1, -0.05) is 0 Å². The van der Waals surface area contributed by atoms with Gasteiger partial charge in [-0.05, 0) is 26.2 Å². The standard InChI is InChI=1S/C11H14N2O4/c1-2-16-10(15)7-5-3-4-6-8(7)17-11(12)13-9(6)14/h7H,2-5H2,1H3,(H2,12,13,14). The minimum Gasteiger partial charge on any atom is -0.465 e. The van der Waals surface area contributed by atoms with Crippen LogP contribution in [0.2, 0.25) is 0 Å². The molecule has 1 aromatic rings. The topological polar surface area (TPSA) is 95.4 Å². The number of nitrogens with zero attached hydrogens (tertiary/aromatic N) is 1. The van der Waals surface area contributed by atoms with E-state index >= 15 is 0 Å². The number of rotatable bonds is 2. The van der Waals surface area contributed by atoms with Gasteiger partial charge < -0.3 is 14.9 Å². The second-order valence-corrected chi connectivity index (χ2v) is 3.90. The zero-order valence-electron chi connectivity index (χ0n) is 9.56. The molecule has 6 nitrogen and oxygen atoms in total. The number of nitrogens with two attached hydrogens (primary N) is 1. The predicted molar refractivity (Wildman–Crippen MR) is 59.5 cm³/mol. The molecule has 0 aromatic carbocycles. The highest BCUT2D eigenvalue weighted by molar-refractivity contribution is 5.78. The lowest BCUT2D eigenvalue weighted by atomic mass is 9.88. The van der Waals surface area contributed by atoms with Crippen molar-refractivity contribution in [1.29, 1.82) is 0 Å². The van der Waals surface area contributed by atoms with Crippen molar-refractivity contribution >= 4 is 12.0 Å². The molecule has 1 aliphatic rings. The summed E-state index contributed by atoms with van der Waals surface area (Å²) in [6.07, 6.45) is 1.92. The number of hydrogen-bond acceptors (Lipinski definition) is 6. The Morgan fingerprint density at radius 2 is 2.41 bits per heavy atom. The summed E-state index contributed by atoms with van der Waals surface area (Å²) in [6, 6.07) is -0.204. The van der Waals surface area contributed by atoms with Crippen LogP contribution in [0.15, 0.2) is 9.21 Å². The summed E-state index contributed by atoms with van der Waals surface area (Å²) in [5.41, 5.74) is 5.43. The summed E-state index contributed by atoms with van der Waals surface area (Å²) in [5.74, 6) is -0.578. The quantitative estimate of drug-likeness (QED) is 0.758. The van der Waals surface area contributed by atoms with Crippen LogP contribution >= 0.6 is 0 Å². The molecule has 0 fully saturated rings. The van der Waals surface area contributed by atoms with E-state index in [2.05, 4.69) is 4.98 Å². The van der Waals surface area contributed by atoms with E-state index in [1.807, 2.05) is 0 Å². The molecule has 0 spiro atoms. The van der Waals surface area contributed by atoms with Crippen molar-refractivity contribution in [2.45, 2.75) is 32.1 Å². The maximum absolute atomic E-state index is 11.7. The maximum atomic E-state index is 11.7. The Balaban J connectivity index is 2.43. The van der Waals surface area contributed by atoms with E-state index in [0.29, 0.717) is 30.8 Å². The van der Waals surface area contributed by atoms with Crippen molar-refractivity contribution < 1.29 is 13.9 Å². The summed E-state index contributed by atoms with van der Waals surface area (Å²) >= 11 is 0. The molecule has 1 aliphatic carbocycles. The lowest BCUT2D eigenvalue weighted by Gasteiger charge is -2.21. The Kier molecular flexibility index (Phi) is 3.12. The number of ether oxygens (including phenoxy) is 1. The molecule has 6 heteroatoms. The molecular weight excluding hydrogens is 224 g/mol. The van der Waals surface area contributed by atoms with Gasteiger partial charge in [0.15, 0.2) is 0 Å². The molecule has 0 bridgehead atoms. The van der Waals surface area contributed by atoms with Gasteiger partial charge in [0.2, 0.25) is 0 Å². The summed E-state index contributed by atoms with van der Waals surface area (Å²) in [5, 5.41) is 0. The number of anilines is 1. The third-order valence-electron chi connectivity index (χ3n) is 2.79. The summed E-state index contributed by atoms with van der Waals surface area (Å²) in [7, 11) is 0. The number of esters is 1. The Hall–Kier alpha value is -1.85. The first-order valence-corrected chi connectivity index (χ1v) is 5.59. The van der Waals surface area contributed by atoms with Crippen molar-refractivity contribution in [2.24, 2.45) is 0 Å². The van der Waals surface area contributed by atoms with Crippen molar-refractivity contribution in [3.05, 3.63) is 21.7 Å². The number of nitrogen functional groups attached to an aromatic ring is 1. The second kappa shape index (κ2) is 4.57. The average molecular weight is 238 g/mol. The normalized spacial score (nSPS) is 18.5. The monoisotopic (exact) mass is 238 g/mol. The van der Waals surface area contributed by atoms with Crippen LogP contribution in [0.1, 0.15) is 37.0 Å². The van der Waals surface area contributed by atoms with Crippen molar-refractivity contribution in [2.75, 3.05) is 12.3 Å². The summed E-state index contributed by atoms with van der Waals surface area (Å²) in [4.78, 5) is 26.9. The first-order chi connectivity index (χ1) is 8.13. The van der Waals surface area contributed by atoms with Crippen LogP contribution in [0.5, 0.6) is 0 Å². The first kappa shape index (κ1) is 11.6. The van der Waals surface area contributed by atoms with Crippen LogP contribution in [0.25, 0.3) is 0 Å². The SMILES string of the molecule is CCOC(=O)C1CCCc2c1oc(N)nc2=O. The molecule has 0 amide bonds. The van der Waals surface area contributed by atoms with E-state index in [-0.39, 0.29) is 12.0 Å². The van der Waals surface area contributed by atoms with E-state index in [1.165, 1.54) is 0 Å². The van der Waals surface area contributed by atoms with Gasteiger partial charge in [-0.15, -0.1) is 0 Å². The van der Waals surface area contributed by atoms with Crippen molar-refractivity contribution in [1.82, 2.24) is 4.98 Å². The predicted octanol–water partition coefficient (Wildman–Crippen LogP) is 0.600. The van der Waals surface area contributed by atoms with Crippen LogP contribution < -0.4 is 11.3 Å². The second-order valence-electron chi connectivity index (χ2n) is 3.90. The van der Waals surface area contributed by atoms with Crippen LogP contribution in [-0.4, -0.2) is 17.6 Å². The largest absolute Gasteiger partial charge is 0.465 e. The van der Waals surface area contributed by atoms with E-state index in [1.54, 1.807) is 6.92 Å². The maximum Gasteiger partial charge on any atom is 0.316 e. The number of carbonyl (C=O) groups is 1. The highest BCUT2D eigenvalue weighted by Gasteiger charge is 2.32. The molecule has 1 aromatic heterocycles. The molecule has 1 unspecified atom stereocenters. The molecule has 0 saturated heterocycles. The van der Waals surface area contributed by atoms with Gasteiger partial charge in [0.25, 0.3) is 11.6 Å². The Bertz CT molecular complexity index is 495. The summed E-state index contributed by atoms with van der Waals surface area (Å²) < 4.78 is 10.2. The lowest BCUT2D eigenvalue weighted by molar-refractivity contribution is -0.145. The fourth-order valence-corrected chi connectivity index (χ4v) is 2.06. The summed E-state index contributed by atoms with van der Waals surface area (Å²) in [6.45, 7) is 2.04. The third kappa shape index (κ3) is 2.15. The first-order valence-electron chi connectivity index (χ1n) is 5.59. The minimum absolute atomic E-state index is 0.204. The van der Waals surface area contributed by atoms with E-state index in [0.717, 1.165) is 6.42 Å². The zero-order valence-corrected chi connectivity index (χ0v) is 9.56. The Morgan fingerprint density at radius 1 is 1.65 bits per heavy atom. The van der Waals surface area contributed by atoms with Crippen LogP contribution in [0.4, 0.5) is 6.01 Å². The molecule has 17 heavy (non-hydrogen) atoms. The number of fused-ring (bicyclic) bond motifs is 1. The molecule has 2 N–H and O–H groups in total. The van der Waals surface area contributed by atoms with Crippen molar-refractivity contribution in [3.63, 3.8) is 0 Å². The molecule has 1 atom stereocenters. The van der Waals surface area contributed by atoms with Crippen LogP contribution in [-0.2, 0) is 16.0 Å². The van der Waals surface area contributed by atoms with Gasteiger partial charge in [-0.2, -0.15) is 4.98 Å². The Morgan fingerprint density at radius 3 is 3.12 bits per heavy atom. The number of carbonyl (C=O) groups excluding carboxylic acids is 1. The number of aromatic nitrogens is 1. The third-order valence-corrected chi connectivity index (χ3v) is 2.79. The zero-order chi connectivity index (χ0) is 12.4. The van der Waals surface area contributed by atoms with Gasteiger partial charge in [0.05, 0.1) is 12.2 Å². The average Bonchev–Trinajstić information content (AvgIpc) is 2.28. The fraction of sp³-hybridized carbons (Fsp3) is 0.545. The molecule has 0 aliphatic heterocycles. The molecule has 92 valence electrons. The molecule has 0 radical (unpaired) electrons.